The van der Waals surface area contributed by atoms with Crippen LogP contribution in [0, 0.1) is 6.92 Å². The molecule has 0 saturated heterocycles. The first-order valence-electron chi connectivity index (χ1n) is 11.5. The van der Waals surface area contributed by atoms with E-state index in [0.29, 0.717) is 6.79 Å². The zero-order chi connectivity index (χ0) is 22.4. The zero-order valence-corrected chi connectivity index (χ0v) is 20.1. The normalized spacial score (nSPS) is 13.1. The highest BCUT2D eigenvalue weighted by atomic mass is 35.5. The van der Waals surface area contributed by atoms with E-state index in [0.717, 1.165) is 48.9 Å². The number of hydrogen-bond donors (Lipinski definition) is 1. The summed E-state index contributed by atoms with van der Waals surface area (Å²) in [6, 6.07) is 19.3. The van der Waals surface area contributed by atoms with Gasteiger partial charge in [-0.05, 0) is 53.6 Å². The Labute approximate surface area is 205 Å². The lowest BCUT2D eigenvalue weighted by Crippen LogP contribution is -3.00. The number of rotatable bonds is 5. The second-order valence-electron chi connectivity index (χ2n) is 8.71. The first kappa shape index (κ1) is 22.4. The van der Waals surface area contributed by atoms with Gasteiger partial charge in [0.2, 0.25) is 12.5 Å². The van der Waals surface area contributed by atoms with Crippen molar-refractivity contribution in [1.82, 2.24) is 0 Å². The fraction of sp³-hybridized carbons (Fsp3) is 0.250. The molecule has 0 amide bonds. The molecular weight excluding hydrogens is 448 g/mol. The number of pyridine rings is 1. The Morgan fingerprint density at radius 3 is 2.68 bits per heavy atom. The largest absolute Gasteiger partial charge is 1.00 e. The monoisotopic (exact) mass is 474 g/mol. The van der Waals surface area contributed by atoms with Crippen molar-refractivity contribution in [1.29, 1.82) is 0 Å². The number of nitrogens with one attached hydrogen (secondary N) is 1. The molecule has 0 aliphatic carbocycles. The molecule has 2 aliphatic heterocycles. The van der Waals surface area contributed by atoms with E-state index in [4.69, 9.17) is 14.2 Å². The number of aryl methyl sites for hydroxylation is 3. The number of halogens is 1. The Hall–Kier alpha value is -3.44. The second kappa shape index (κ2) is 9.07. The van der Waals surface area contributed by atoms with Gasteiger partial charge in [0.15, 0.2) is 24.2 Å². The average Bonchev–Trinajstić information content (AvgIpc) is 3.30. The fourth-order valence-corrected chi connectivity index (χ4v) is 4.99. The summed E-state index contributed by atoms with van der Waals surface area (Å²) in [5.41, 5.74) is 7.48. The Bertz CT molecular complexity index is 1390. The number of aromatic nitrogens is 1. The van der Waals surface area contributed by atoms with Gasteiger partial charge in [0.25, 0.3) is 0 Å². The maximum atomic E-state index is 5.73. The minimum Gasteiger partial charge on any atom is -1.00 e. The maximum Gasteiger partial charge on any atom is 0.231 e. The average molecular weight is 475 g/mol. The number of ether oxygens (including phenoxy) is 3. The lowest BCUT2D eigenvalue weighted by atomic mass is 9.95. The van der Waals surface area contributed by atoms with E-state index in [2.05, 4.69) is 77.6 Å². The van der Waals surface area contributed by atoms with Crippen LogP contribution in [0.4, 0.5) is 5.69 Å². The number of nitrogens with zero attached hydrogens (tertiary/aromatic N) is 1. The molecule has 34 heavy (non-hydrogen) atoms. The number of fused-ring (bicyclic) bond motifs is 5. The molecule has 0 spiro atoms. The van der Waals surface area contributed by atoms with Crippen molar-refractivity contribution in [2.75, 3.05) is 25.8 Å². The quantitative estimate of drug-likeness (QED) is 0.450. The Kier molecular flexibility index (Phi) is 5.96. The molecule has 3 heterocycles. The summed E-state index contributed by atoms with van der Waals surface area (Å²) < 4.78 is 19.3. The van der Waals surface area contributed by atoms with Gasteiger partial charge in [-0.2, -0.15) is 4.57 Å². The van der Waals surface area contributed by atoms with Crippen LogP contribution in [0.15, 0.2) is 60.8 Å². The predicted molar refractivity (Wildman–Crippen MR) is 129 cm³/mol. The predicted octanol–water partition coefficient (Wildman–Crippen LogP) is 2.05. The molecule has 5 nitrogen and oxygen atoms in total. The zero-order valence-electron chi connectivity index (χ0n) is 19.4. The Morgan fingerprint density at radius 2 is 1.85 bits per heavy atom. The van der Waals surface area contributed by atoms with E-state index in [1.807, 2.05) is 0 Å². The van der Waals surface area contributed by atoms with Gasteiger partial charge in [-0.15, -0.1) is 0 Å². The van der Waals surface area contributed by atoms with Crippen molar-refractivity contribution in [3.8, 4) is 28.5 Å². The van der Waals surface area contributed by atoms with Crippen molar-refractivity contribution in [2.24, 2.45) is 0 Å². The maximum absolute atomic E-state index is 5.73. The summed E-state index contributed by atoms with van der Waals surface area (Å²) >= 11 is 0. The SMILES string of the molecule is COc1ccc2cc3[n+](cc2c1NCCc1ccccc1C)CCc1cc2c(cc1-3)OCO2.[Cl-]. The summed E-state index contributed by atoms with van der Waals surface area (Å²) in [5, 5.41) is 6.03. The van der Waals surface area contributed by atoms with Gasteiger partial charge in [-0.25, -0.2) is 0 Å². The van der Waals surface area contributed by atoms with E-state index in [9.17, 15) is 0 Å². The highest BCUT2D eigenvalue weighted by Crippen LogP contribution is 2.41. The van der Waals surface area contributed by atoms with Crippen molar-refractivity contribution >= 4 is 16.5 Å². The summed E-state index contributed by atoms with van der Waals surface area (Å²) in [6.07, 6.45) is 4.19. The lowest BCUT2D eigenvalue weighted by Gasteiger charge is -2.18. The minimum atomic E-state index is 0. The molecule has 4 aromatic rings. The molecule has 2 aliphatic rings. The molecule has 0 saturated carbocycles. The van der Waals surface area contributed by atoms with E-state index >= 15 is 0 Å². The van der Waals surface area contributed by atoms with Gasteiger partial charge in [-0.3, -0.25) is 0 Å². The van der Waals surface area contributed by atoms with Crippen LogP contribution in [0.1, 0.15) is 16.7 Å². The van der Waals surface area contributed by atoms with Gasteiger partial charge < -0.3 is 31.9 Å². The Balaban J connectivity index is 0.00000241. The van der Waals surface area contributed by atoms with Gasteiger partial charge in [0.05, 0.1) is 23.7 Å². The molecule has 1 aromatic heterocycles. The highest BCUT2D eigenvalue weighted by Gasteiger charge is 2.28. The van der Waals surface area contributed by atoms with Gasteiger partial charge >= 0.3 is 0 Å². The molecule has 6 rings (SSSR count). The summed E-state index contributed by atoms with van der Waals surface area (Å²) in [4.78, 5) is 0. The van der Waals surface area contributed by atoms with Crippen LogP contribution in [-0.2, 0) is 19.4 Å². The minimum absolute atomic E-state index is 0. The van der Waals surface area contributed by atoms with Crippen LogP contribution in [0.5, 0.6) is 17.2 Å². The molecular formula is C28H27ClN2O3. The highest BCUT2D eigenvalue weighted by molar-refractivity contribution is 5.97. The molecule has 0 bridgehead atoms. The molecule has 0 fully saturated rings. The number of methoxy groups -OCH3 is 1. The smallest absolute Gasteiger partial charge is 0.231 e. The van der Waals surface area contributed by atoms with Crippen molar-refractivity contribution in [2.45, 2.75) is 26.3 Å². The van der Waals surface area contributed by atoms with Crippen LogP contribution in [0.25, 0.3) is 22.0 Å². The fourth-order valence-electron chi connectivity index (χ4n) is 4.99. The third-order valence-electron chi connectivity index (χ3n) is 6.80. The molecule has 0 unspecified atom stereocenters. The Morgan fingerprint density at radius 1 is 1.03 bits per heavy atom. The van der Waals surface area contributed by atoms with Crippen LogP contribution in [0.2, 0.25) is 0 Å². The number of hydrogen-bond acceptors (Lipinski definition) is 4. The van der Waals surface area contributed by atoms with E-state index in [1.165, 1.54) is 38.7 Å². The van der Waals surface area contributed by atoms with Crippen LogP contribution >= 0.6 is 0 Å². The molecule has 1 N–H and O–H groups in total. The van der Waals surface area contributed by atoms with Crippen molar-refractivity contribution in [3.05, 3.63) is 77.5 Å². The molecule has 0 radical (unpaired) electrons. The van der Waals surface area contributed by atoms with E-state index in [1.54, 1.807) is 7.11 Å². The van der Waals surface area contributed by atoms with E-state index < -0.39 is 0 Å². The summed E-state index contributed by atoms with van der Waals surface area (Å²) in [7, 11) is 1.73. The summed E-state index contributed by atoms with van der Waals surface area (Å²) in [6.45, 7) is 4.24. The van der Waals surface area contributed by atoms with Crippen LogP contribution in [0.3, 0.4) is 0 Å². The molecule has 174 valence electrons. The standard InChI is InChI=1S/C28H26N2O3.ClH/c1-18-5-3-4-6-19(18)9-11-29-28-23-16-30-12-10-21-14-26-27(33-17-32-26)15-22(21)24(30)13-20(23)7-8-25(28)31-2;/h3-8,13-16H,9-12,17H2,1-2H3;1H. The first-order chi connectivity index (χ1) is 16.2. The molecule has 3 aromatic carbocycles. The van der Waals surface area contributed by atoms with Crippen LogP contribution in [-0.4, -0.2) is 20.4 Å². The van der Waals surface area contributed by atoms with Crippen LogP contribution < -0.4 is 36.5 Å². The third kappa shape index (κ3) is 3.80. The summed E-state index contributed by atoms with van der Waals surface area (Å²) in [5.74, 6) is 2.55. The van der Waals surface area contributed by atoms with Gasteiger partial charge in [0.1, 0.15) is 5.75 Å². The topological polar surface area (TPSA) is 43.6 Å². The second-order valence-corrected chi connectivity index (χ2v) is 8.71. The number of anilines is 1. The van der Waals surface area contributed by atoms with Gasteiger partial charge in [0, 0.05) is 19.0 Å². The van der Waals surface area contributed by atoms with Gasteiger partial charge in [-0.1, -0.05) is 30.3 Å². The lowest BCUT2D eigenvalue weighted by molar-refractivity contribution is -0.686. The third-order valence-corrected chi connectivity index (χ3v) is 6.80. The number of benzene rings is 3. The van der Waals surface area contributed by atoms with Crippen molar-refractivity contribution < 1.29 is 31.2 Å². The van der Waals surface area contributed by atoms with E-state index in [-0.39, 0.29) is 12.4 Å². The molecule has 6 heteroatoms. The van der Waals surface area contributed by atoms with Crippen molar-refractivity contribution in [3.63, 3.8) is 0 Å². The first-order valence-corrected chi connectivity index (χ1v) is 11.5. The molecule has 0 atom stereocenters.